The highest BCUT2D eigenvalue weighted by atomic mass is 35.5. The summed E-state index contributed by atoms with van der Waals surface area (Å²) in [5, 5.41) is 5.88. The predicted octanol–water partition coefficient (Wildman–Crippen LogP) is 1.54. The molecule has 0 aliphatic rings. The maximum absolute atomic E-state index is 12.5. The molecule has 0 aliphatic carbocycles. The van der Waals surface area contributed by atoms with E-state index in [0.29, 0.717) is 25.3 Å². The summed E-state index contributed by atoms with van der Waals surface area (Å²) in [4.78, 5) is 12.5. The molecule has 1 aromatic rings. The molecule has 0 bridgehead atoms. The van der Waals surface area contributed by atoms with Crippen molar-refractivity contribution in [3.63, 3.8) is 0 Å². The van der Waals surface area contributed by atoms with Gasteiger partial charge in [-0.1, -0.05) is 24.6 Å². The second-order valence-corrected chi connectivity index (χ2v) is 8.11. The van der Waals surface area contributed by atoms with Gasteiger partial charge in [0.15, 0.2) is 0 Å². The number of carbonyl (C=O) groups is 1. The van der Waals surface area contributed by atoms with E-state index in [1.54, 1.807) is 36.0 Å². The van der Waals surface area contributed by atoms with Gasteiger partial charge in [-0.2, -0.15) is 16.5 Å². The fourth-order valence-electron chi connectivity index (χ4n) is 2.03. The molecule has 1 rings (SSSR count). The molecule has 6 nitrogen and oxygen atoms in total. The van der Waals surface area contributed by atoms with E-state index in [0.717, 1.165) is 12.1 Å². The fourth-order valence-corrected chi connectivity index (χ4v) is 3.73. The molecule has 0 fully saturated rings. The smallest absolute Gasteiger partial charge is 0.241 e. The number of hydrogen-bond donors (Lipinski definition) is 3. The van der Waals surface area contributed by atoms with Gasteiger partial charge in [0, 0.05) is 13.1 Å². The van der Waals surface area contributed by atoms with Crippen LogP contribution in [0.3, 0.4) is 0 Å². The normalized spacial score (nSPS) is 12.3. The summed E-state index contributed by atoms with van der Waals surface area (Å²) >= 11 is 1.58. The van der Waals surface area contributed by atoms with Gasteiger partial charge >= 0.3 is 0 Å². The highest BCUT2D eigenvalue weighted by Crippen LogP contribution is 2.12. The minimum Gasteiger partial charge on any atom is -0.353 e. The van der Waals surface area contributed by atoms with Gasteiger partial charge in [0.2, 0.25) is 15.9 Å². The molecule has 0 radical (unpaired) electrons. The summed E-state index contributed by atoms with van der Waals surface area (Å²) in [6, 6.07) is 5.80. The standard InChI is InChI=1S/C16H27N3O3S2.ClH/c1-4-17-10-11-18-16(20)15(9-12-23-3)19-24(21,22)14-7-5-13(2)6-8-14;/h5-8,15,17,19H,4,9-12H2,1-3H3,(H,18,20);1H. The van der Waals surface area contributed by atoms with Crippen molar-refractivity contribution >= 4 is 40.1 Å². The Morgan fingerprint density at radius 1 is 1.20 bits per heavy atom. The number of amides is 1. The Morgan fingerprint density at radius 2 is 1.84 bits per heavy atom. The molecule has 3 N–H and O–H groups in total. The zero-order valence-electron chi connectivity index (χ0n) is 14.9. The summed E-state index contributed by atoms with van der Waals surface area (Å²) < 4.78 is 27.5. The molecule has 1 aromatic carbocycles. The molecular weight excluding hydrogens is 382 g/mol. The molecule has 25 heavy (non-hydrogen) atoms. The molecule has 0 saturated carbocycles. The molecule has 0 aliphatic heterocycles. The van der Waals surface area contributed by atoms with Gasteiger partial charge in [-0.15, -0.1) is 12.4 Å². The maximum atomic E-state index is 12.5. The first kappa shape index (κ1) is 24.2. The Hall–Kier alpha value is -0.800. The first-order chi connectivity index (χ1) is 11.4. The Bertz CT molecular complexity index is 610. The van der Waals surface area contributed by atoms with Crippen molar-refractivity contribution in [2.45, 2.75) is 31.2 Å². The van der Waals surface area contributed by atoms with Crippen LogP contribution in [-0.2, 0) is 14.8 Å². The number of benzene rings is 1. The third-order valence-electron chi connectivity index (χ3n) is 3.41. The lowest BCUT2D eigenvalue weighted by atomic mass is 10.2. The minimum absolute atomic E-state index is 0. The number of carbonyl (C=O) groups excluding carboxylic acids is 1. The van der Waals surface area contributed by atoms with Crippen LogP contribution in [0.15, 0.2) is 29.2 Å². The number of thioether (sulfide) groups is 1. The summed E-state index contributed by atoms with van der Waals surface area (Å²) in [6.45, 7) is 5.82. The van der Waals surface area contributed by atoms with Crippen molar-refractivity contribution in [3.8, 4) is 0 Å². The van der Waals surface area contributed by atoms with Gasteiger partial charge in [-0.3, -0.25) is 4.79 Å². The Kier molecular flexibility index (Phi) is 12.1. The van der Waals surface area contributed by atoms with Crippen LogP contribution < -0.4 is 15.4 Å². The van der Waals surface area contributed by atoms with Crippen molar-refractivity contribution in [3.05, 3.63) is 29.8 Å². The van der Waals surface area contributed by atoms with Crippen molar-refractivity contribution in [2.24, 2.45) is 0 Å². The summed E-state index contributed by atoms with van der Waals surface area (Å²) in [7, 11) is -3.72. The van der Waals surface area contributed by atoms with E-state index in [9.17, 15) is 13.2 Å². The first-order valence-corrected chi connectivity index (χ1v) is 10.8. The third-order valence-corrected chi connectivity index (χ3v) is 5.54. The van der Waals surface area contributed by atoms with Gasteiger partial charge in [0.05, 0.1) is 4.90 Å². The van der Waals surface area contributed by atoms with E-state index in [-0.39, 0.29) is 23.2 Å². The fraction of sp³-hybridized carbons (Fsp3) is 0.562. The van der Waals surface area contributed by atoms with Gasteiger partial charge in [-0.25, -0.2) is 8.42 Å². The van der Waals surface area contributed by atoms with Crippen molar-refractivity contribution in [1.29, 1.82) is 0 Å². The molecule has 144 valence electrons. The molecule has 1 amide bonds. The highest BCUT2D eigenvalue weighted by Gasteiger charge is 2.25. The van der Waals surface area contributed by atoms with Crippen LogP contribution in [0.2, 0.25) is 0 Å². The van der Waals surface area contributed by atoms with Gasteiger partial charge in [0.25, 0.3) is 0 Å². The monoisotopic (exact) mass is 409 g/mol. The van der Waals surface area contributed by atoms with Crippen molar-refractivity contribution in [2.75, 3.05) is 31.6 Å². The minimum atomic E-state index is -3.72. The molecule has 1 unspecified atom stereocenters. The third kappa shape index (κ3) is 8.91. The van der Waals surface area contributed by atoms with Gasteiger partial charge in [0.1, 0.15) is 6.04 Å². The average Bonchev–Trinajstić information content (AvgIpc) is 2.55. The molecule has 9 heteroatoms. The molecule has 0 heterocycles. The Balaban J connectivity index is 0.00000576. The average molecular weight is 410 g/mol. The first-order valence-electron chi connectivity index (χ1n) is 7.97. The van der Waals surface area contributed by atoms with E-state index >= 15 is 0 Å². The topological polar surface area (TPSA) is 87.3 Å². The van der Waals surface area contributed by atoms with Crippen LogP contribution in [-0.4, -0.2) is 52.0 Å². The molecule has 0 spiro atoms. The van der Waals surface area contributed by atoms with E-state index < -0.39 is 16.1 Å². The lowest BCUT2D eigenvalue weighted by molar-refractivity contribution is -0.122. The largest absolute Gasteiger partial charge is 0.353 e. The number of sulfonamides is 1. The molecule has 1 atom stereocenters. The zero-order chi connectivity index (χ0) is 18.0. The number of hydrogen-bond acceptors (Lipinski definition) is 5. The number of nitrogens with one attached hydrogen (secondary N) is 3. The van der Waals surface area contributed by atoms with Crippen LogP contribution >= 0.6 is 24.2 Å². The predicted molar refractivity (Wildman–Crippen MR) is 107 cm³/mol. The molecular formula is C16H28ClN3O3S2. The lowest BCUT2D eigenvalue weighted by Gasteiger charge is -2.18. The van der Waals surface area contributed by atoms with Crippen LogP contribution in [0, 0.1) is 6.92 Å². The van der Waals surface area contributed by atoms with E-state index in [2.05, 4.69) is 15.4 Å². The van der Waals surface area contributed by atoms with Gasteiger partial charge in [-0.05, 0) is 44.0 Å². The van der Waals surface area contributed by atoms with E-state index in [1.165, 1.54) is 0 Å². The SMILES string of the molecule is CCNCCNC(=O)C(CCSC)NS(=O)(=O)c1ccc(C)cc1.Cl. The van der Waals surface area contributed by atoms with Crippen LogP contribution in [0.5, 0.6) is 0 Å². The lowest BCUT2D eigenvalue weighted by Crippen LogP contribution is -2.48. The van der Waals surface area contributed by atoms with E-state index in [1.807, 2.05) is 20.1 Å². The van der Waals surface area contributed by atoms with Crippen molar-refractivity contribution < 1.29 is 13.2 Å². The van der Waals surface area contributed by atoms with E-state index in [4.69, 9.17) is 0 Å². The number of aryl methyl sites for hydroxylation is 1. The number of halogens is 1. The van der Waals surface area contributed by atoms with Crippen LogP contribution in [0.1, 0.15) is 18.9 Å². The van der Waals surface area contributed by atoms with Gasteiger partial charge < -0.3 is 10.6 Å². The maximum Gasteiger partial charge on any atom is 0.241 e. The van der Waals surface area contributed by atoms with Crippen LogP contribution in [0.25, 0.3) is 0 Å². The highest BCUT2D eigenvalue weighted by molar-refractivity contribution is 7.98. The number of rotatable bonds is 11. The second kappa shape index (κ2) is 12.5. The van der Waals surface area contributed by atoms with Crippen LogP contribution in [0.4, 0.5) is 0 Å². The summed E-state index contributed by atoms with van der Waals surface area (Å²) in [5.41, 5.74) is 0.981. The summed E-state index contributed by atoms with van der Waals surface area (Å²) in [5.74, 6) is 0.402. The zero-order valence-corrected chi connectivity index (χ0v) is 17.3. The molecule has 0 saturated heterocycles. The summed E-state index contributed by atoms with van der Waals surface area (Å²) in [6.07, 6.45) is 2.37. The second-order valence-electron chi connectivity index (χ2n) is 5.41. The Morgan fingerprint density at radius 3 is 2.40 bits per heavy atom. The number of likely N-dealkylation sites (N-methyl/N-ethyl adjacent to an activating group) is 1. The Labute approximate surface area is 161 Å². The molecule has 0 aromatic heterocycles. The van der Waals surface area contributed by atoms with Crippen molar-refractivity contribution in [1.82, 2.24) is 15.4 Å². The quantitative estimate of drug-likeness (QED) is 0.482.